The molecule has 0 spiro atoms. The summed E-state index contributed by atoms with van der Waals surface area (Å²) in [6, 6.07) is 50.5. The molecular formula is C46H36N6. The number of benzene rings is 4. The quantitative estimate of drug-likeness (QED) is 0.185. The van der Waals surface area contributed by atoms with Crippen LogP contribution in [-0.2, 0) is 0 Å². The third-order valence-corrected chi connectivity index (χ3v) is 9.78. The van der Waals surface area contributed by atoms with E-state index in [1.165, 1.54) is 0 Å². The normalized spacial score (nSPS) is 11.9. The second-order valence-corrected chi connectivity index (χ2v) is 13.0. The summed E-state index contributed by atoms with van der Waals surface area (Å²) in [7, 11) is 4.20. The van der Waals surface area contributed by atoms with Crippen LogP contribution in [0.2, 0.25) is 0 Å². The smallest absolute Gasteiger partial charge is 0.0908 e. The predicted octanol–water partition coefficient (Wildman–Crippen LogP) is 11.5. The number of nitrogens with one attached hydrogen (secondary N) is 2. The summed E-state index contributed by atoms with van der Waals surface area (Å²) in [5, 5.41) is 0. The zero-order chi connectivity index (χ0) is 35.0. The number of H-pyrrole nitrogens is 2. The van der Waals surface area contributed by atoms with E-state index in [9.17, 15) is 0 Å². The fourth-order valence-corrected chi connectivity index (χ4v) is 7.26. The van der Waals surface area contributed by atoms with Crippen LogP contribution in [0.15, 0.2) is 146 Å². The summed E-state index contributed by atoms with van der Waals surface area (Å²) in [6.45, 7) is 0. The summed E-state index contributed by atoms with van der Waals surface area (Å²) in [5.41, 5.74) is 15.6. The SMILES string of the molecule is CN(c1ccccc1)c1c2nc(c(-c3ccccc3)c3ccc([nH]3)c(N(C)c3ccccc3)c3nc(c(-c4ccccc4)c4ccc1[nH]4)C=C3)C=C2. The number of hydrogen-bond acceptors (Lipinski definition) is 4. The van der Waals surface area contributed by atoms with Crippen molar-refractivity contribution in [1.29, 1.82) is 0 Å². The predicted molar refractivity (Wildman–Crippen MR) is 219 cm³/mol. The summed E-state index contributed by atoms with van der Waals surface area (Å²) in [6.07, 6.45) is 8.52. The minimum Gasteiger partial charge on any atom is -0.353 e. The van der Waals surface area contributed by atoms with Gasteiger partial charge in [-0.15, -0.1) is 0 Å². The van der Waals surface area contributed by atoms with Crippen molar-refractivity contribution >= 4 is 69.1 Å². The van der Waals surface area contributed by atoms with Crippen LogP contribution in [0, 0.1) is 0 Å². The molecule has 5 heterocycles. The highest BCUT2D eigenvalue weighted by Gasteiger charge is 2.20. The second-order valence-electron chi connectivity index (χ2n) is 13.0. The first-order valence-electron chi connectivity index (χ1n) is 17.5. The van der Waals surface area contributed by atoms with Crippen molar-refractivity contribution in [2.75, 3.05) is 23.9 Å². The molecule has 0 atom stereocenters. The number of fused-ring (bicyclic) bond motifs is 8. The van der Waals surface area contributed by atoms with Crippen molar-refractivity contribution in [2.45, 2.75) is 0 Å². The van der Waals surface area contributed by atoms with E-state index in [0.29, 0.717) is 0 Å². The van der Waals surface area contributed by atoms with Gasteiger partial charge in [0.15, 0.2) is 0 Å². The lowest BCUT2D eigenvalue weighted by atomic mass is 10.0. The lowest BCUT2D eigenvalue weighted by molar-refractivity contribution is 1.18. The van der Waals surface area contributed by atoms with Crippen molar-refractivity contribution in [3.63, 3.8) is 0 Å². The maximum Gasteiger partial charge on any atom is 0.0908 e. The molecule has 0 unspecified atom stereocenters. The van der Waals surface area contributed by atoms with Crippen molar-refractivity contribution < 1.29 is 0 Å². The molecule has 6 nitrogen and oxygen atoms in total. The number of hydrogen-bond donors (Lipinski definition) is 2. The van der Waals surface area contributed by atoms with E-state index < -0.39 is 0 Å². The van der Waals surface area contributed by atoms with Crippen LogP contribution in [0.3, 0.4) is 0 Å². The molecule has 250 valence electrons. The maximum atomic E-state index is 5.39. The van der Waals surface area contributed by atoms with Gasteiger partial charge in [0, 0.05) is 47.6 Å². The lowest BCUT2D eigenvalue weighted by Crippen LogP contribution is -2.11. The molecule has 0 saturated carbocycles. The number of aromatic amines is 2. The Balaban J connectivity index is 1.45. The molecule has 0 fully saturated rings. The monoisotopic (exact) mass is 672 g/mol. The molecule has 3 aromatic heterocycles. The number of aromatic nitrogens is 4. The Morgan fingerprint density at radius 3 is 1.08 bits per heavy atom. The molecule has 8 bridgehead atoms. The van der Waals surface area contributed by atoms with E-state index in [-0.39, 0.29) is 0 Å². The summed E-state index contributed by atoms with van der Waals surface area (Å²) >= 11 is 0. The summed E-state index contributed by atoms with van der Waals surface area (Å²) in [4.78, 5) is 22.8. The van der Waals surface area contributed by atoms with E-state index in [2.05, 4.69) is 179 Å². The Morgan fingerprint density at radius 1 is 0.365 bits per heavy atom. The van der Waals surface area contributed by atoms with Crippen LogP contribution in [-0.4, -0.2) is 34.0 Å². The van der Waals surface area contributed by atoms with Gasteiger partial charge in [-0.05, 0) is 84.0 Å². The molecule has 4 aromatic carbocycles. The van der Waals surface area contributed by atoms with E-state index in [1.807, 2.05) is 24.3 Å². The first kappa shape index (κ1) is 31.1. The minimum absolute atomic E-state index is 0.869. The number of anilines is 4. The zero-order valence-corrected chi connectivity index (χ0v) is 29.0. The lowest BCUT2D eigenvalue weighted by Gasteiger charge is -2.20. The van der Waals surface area contributed by atoms with Crippen LogP contribution in [0.25, 0.3) is 68.6 Å². The van der Waals surface area contributed by atoms with E-state index in [1.54, 1.807) is 0 Å². The van der Waals surface area contributed by atoms with Crippen LogP contribution >= 0.6 is 0 Å². The van der Waals surface area contributed by atoms with Gasteiger partial charge in [-0.3, -0.25) is 0 Å². The largest absolute Gasteiger partial charge is 0.353 e. The molecule has 0 amide bonds. The number of para-hydroxylation sites is 2. The molecule has 2 N–H and O–H groups in total. The van der Waals surface area contributed by atoms with Crippen molar-refractivity contribution in [2.24, 2.45) is 0 Å². The zero-order valence-electron chi connectivity index (χ0n) is 29.0. The molecule has 0 aliphatic carbocycles. The Labute approximate surface area is 302 Å². The Bertz CT molecular complexity index is 2450. The van der Waals surface area contributed by atoms with E-state index >= 15 is 0 Å². The van der Waals surface area contributed by atoms with Crippen LogP contribution in [0.4, 0.5) is 22.7 Å². The molecule has 0 saturated heterocycles. The second kappa shape index (κ2) is 13.1. The first-order chi connectivity index (χ1) is 25.6. The van der Waals surface area contributed by atoms with Gasteiger partial charge in [0.2, 0.25) is 0 Å². The topological polar surface area (TPSA) is 63.8 Å². The molecule has 9 rings (SSSR count). The number of nitrogens with zero attached hydrogens (tertiary/aromatic N) is 4. The third-order valence-electron chi connectivity index (χ3n) is 9.78. The van der Waals surface area contributed by atoms with Gasteiger partial charge in [0.1, 0.15) is 0 Å². The molecule has 2 aliphatic rings. The average molecular weight is 673 g/mol. The standard InChI is InChI=1S/C46H36N6/c1-51(33-19-11-5-12-20-33)45-39-27-23-35(47-39)43(31-15-7-3-8-16-31)37-25-29-41(49-37)46(52(2)34-21-13-6-14-22-34)42-30-26-38(50-42)44(32-17-9-4-10-18-32)36-24-28-40(45)48-36/h3-30,47,50H,1-2H3. The Kier molecular flexibility index (Phi) is 7.82. The molecule has 6 heteroatoms. The fourth-order valence-electron chi connectivity index (χ4n) is 7.26. The molecule has 7 aromatic rings. The number of rotatable bonds is 6. The maximum absolute atomic E-state index is 5.39. The Morgan fingerprint density at radius 2 is 0.692 bits per heavy atom. The highest BCUT2D eigenvalue weighted by molar-refractivity contribution is 5.99. The van der Waals surface area contributed by atoms with Gasteiger partial charge < -0.3 is 19.8 Å². The summed E-state index contributed by atoms with van der Waals surface area (Å²) < 4.78 is 0. The minimum atomic E-state index is 0.869. The van der Waals surface area contributed by atoms with Crippen LogP contribution < -0.4 is 9.80 Å². The summed E-state index contributed by atoms with van der Waals surface area (Å²) in [5.74, 6) is 0. The molecule has 0 radical (unpaired) electrons. The van der Waals surface area contributed by atoms with Crippen molar-refractivity contribution in [3.8, 4) is 22.3 Å². The molecular weight excluding hydrogens is 637 g/mol. The van der Waals surface area contributed by atoms with E-state index in [4.69, 9.17) is 9.97 Å². The average Bonchev–Trinajstić information content (AvgIpc) is 4.04. The van der Waals surface area contributed by atoms with Gasteiger partial charge in [-0.2, -0.15) is 0 Å². The van der Waals surface area contributed by atoms with Gasteiger partial charge in [-0.25, -0.2) is 9.97 Å². The van der Waals surface area contributed by atoms with Gasteiger partial charge in [0.25, 0.3) is 0 Å². The van der Waals surface area contributed by atoms with Gasteiger partial charge in [-0.1, -0.05) is 97.1 Å². The third kappa shape index (κ3) is 5.56. The highest BCUT2D eigenvalue weighted by Crippen LogP contribution is 2.39. The van der Waals surface area contributed by atoms with Gasteiger partial charge >= 0.3 is 0 Å². The fraction of sp³-hybridized carbons (Fsp3) is 0.0435. The van der Waals surface area contributed by atoms with E-state index in [0.717, 1.165) is 89.8 Å². The van der Waals surface area contributed by atoms with Crippen LogP contribution in [0.1, 0.15) is 22.8 Å². The van der Waals surface area contributed by atoms with Crippen molar-refractivity contribution in [1.82, 2.24) is 19.9 Å². The molecule has 2 aliphatic heterocycles. The first-order valence-corrected chi connectivity index (χ1v) is 17.5. The highest BCUT2D eigenvalue weighted by atomic mass is 15.1. The Hall–Kier alpha value is -6.92. The molecule has 52 heavy (non-hydrogen) atoms. The van der Waals surface area contributed by atoms with Crippen LogP contribution in [0.5, 0.6) is 0 Å². The van der Waals surface area contributed by atoms with Crippen molar-refractivity contribution in [3.05, 3.63) is 168 Å². The van der Waals surface area contributed by atoms with Gasteiger partial charge in [0.05, 0.1) is 45.2 Å².